The number of halogens is 1. The second-order valence-electron chi connectivity index (χ2n) is 5.59. The number of benzene rings is 2. The van der Waals surface area contributed by atoms with Crippen molar-refractivity contribution in [1.82, 2.24) is 9.97 Å². The molecular weight excluding hydrogens is 367 g/mol. The highest BCUT2D eigenvalue weighted by molar-refractivity contribution is 5.96. The summed E-state index contributed by atoms with van der Waals surface area (Å²) in [6.45, 7) is 0. The lowest BCUT2D eigenvalue weighted by atomic mass is 10.1. The third-order valence-electron chi connectivity index (χ3n) is 3.73. The molecule has 0 unspecified atom stereocenters. The van der Waals surface area contributed by atoms with Gasteiger partial charge in [-0.3, -0.25) is 0 Å². The van der Waals surface area contributed by atoms with Crippen LogP contribution in [0.15, 0.2) is 48.7 Å². The number of hydrogen-bond acceptors (Lipinski definition) is 8. The Labute approximate surface area is 160 Å². The molecule has 3 aromatic rings. The zero-order chi connectivity index (χ0) is 20.1. The molecule has 0 atom stereocenters. The Morgan fingerprint density at radius 1 is 1.14 bits per heavy atom. The minimum atomic E-state index is -0.684. The number of phenols is 1. The van der Waals surface area contributed by atoms with Gasteiger partial charge in [0, 0.05) is 11.8 Å². The third-order valence-corrected chi connectivity index (χ3v) is 3.73. The van der Waals surface area contributed by atoms with Crippen molar-refractivity contribution < 1.29 is 23.8 Å². The predicted molar refractivity (Wildman–Crippen MR) is 101 cm³/mol. The fraction of sp³-hybridized carbons (Fsp3) is 0.105. The monoisotopic (exact) mass is 384 g/mol. The lowest BCUT2D eigenvalue weighted by Crippen LogP contribution is -2.08. The van der Waals surface area contributed by atoms with Crippen LogP contribution in [-0.2, 0) is 4.74 Å². The SMILES string of the molecule is COC(=O)c1cc(OC)ccc1Nc1ncc(F)c(Nc2cccc(O)c2)n1. The third kappa shape index (κ3) is 4.26. The number of nitrogens with zero attached hydrogens (tertiary/aromatic N) is 2. The fourth-order valence-corrected chi connectivity index (χ4v) is 2.39. The molecule has 3 N–H and O–H groups in total. The molecule has 3 rings (SSSR count). The highest BCUT2D eigenvalue weighted by Crippen LogP contribution is 2.26. The quantitative estimate of drug-likeness (QED) is 0.554. The second-order valence-corrected chi connectivity index (χ2v) is 5.59. The molecule has 0 saturated carbocycles. The molecule has 9 heteroatoms. The molecule has 28 heavy (non-hydrogen) atoms. The van der Waals surface area contributed by atoms with Gasteiger partial charge in [0.2, 0.25) is 5.95 Å². The van der Waals surface area contributed by atoms with Gasteiger partial charge in [-0.15, -0.1) is 0 Å². The zero-order valence-corrected chi connectivity index (χ0v) is 15.1. The van der Waals surface area contributed by atoms with E-state index < -0.39 is 11.8 Å². The maximum atomic E-state index is 14.1. The van der Waals surface area contributed by atoms with Crippen molar-refractivity contribution in [3.05, 3.63) is 60.0 Å². The number of ether oxygens (including phenoxy) is 2. The van der Waals surface area contributed by atoms with Gasteiger partial charge >= 0.3 is 5.97 Å². The minimum absolute atomic E-state index is 0.0266. The van der Waals surface area contributed by atoms with Gasteiger partial charge in [-0.2, -0.15) is 4.98 Å². The Kier molecular flexibility index (Phi) is 5.54. The van der Waals surface area contributed by atoms with Gasteiger partial charge in [-0.05, 0) is 30.3 Å². The molecule has 0 aliphatic heterocycles. The molecule has 0 spiro atoms. The number of nitrogens with one attached hydrogen (secondary N) is 2. The van der Waals surface area contributed by atoms with Crippen molar-refractivity contribution in [2.45, 2.75) is 0 Å². The van der Waals surface area contributed by atoms with Crippen molar-refractivity contribution in [1.29, 1.82) is 0 Å². The van der Waals surface area contributed by atoms with Crippen LogP contribution in [0.4, 0.5) is 27.5 Å². The molecule has 0 radical (unpaired) electrons. The van der Waals surface area contributed by atoms with Crippen LogP contribution < -0.4 is 15.4 Å². The second kappa shape index (κ2) is 8.21. The molecule has 8 nitrogen and oxygen atoms in total. The smallest absolute Gasteiger partial charge is 0.340 e. The molecular formula is C19H17FN4O4. The number of carbonyl (C=O) groups excluding carboxylic acids is 1. The van der Waals surface area contributed by atoms with Crippen molar-refractivity contribution in [2.75, 3.05) is 24.9 Å². The number of anilines is 4. The summed E-state index contributed by atoms with van der Waals surface area (Å²) < 4.78 is 24.0. The summed E-state index contributed by atoms with van der Waals surface area (Å²) in [4.78, 5) is 20.0. The number of carbonyl (C=O) groups is 1. The summed E-state index contributed by atoms with van der Waals surface area (Å²) in [7, 11) is 2.74. The summed E-state index contributed by atoms with van der Waals surface area (Å²) in [5, 5.41) is 15.2. The first kappa shape index (κ1) is 18.9. The van der Waals surface area contributed by atoms with E-state index in [0.717, 1.165) is 6.20 Å². The first-order valence-corrected chi connectivity index (χ1v) is 8.12. The van der Waals surface area contributed by atoms with Crippen molar-refractivity contribution >= 4 is 29.1 Å². The van der Waals surface area contributed by atoms with E-state index in [1.165, 1.54) is 32.4 Å². The Bertz CT molecular complexity index is 1010. The van der Waals surface area contributed by atoms with Crippen LogP contribution in [0, 0.1) is 5.82 Å². The first-order chi connectivity index (χ1) is 13.5. The van der Waals surface area contributed by atoms with Crippen LogP contribution in [0.5, 0.6) is 11.5 Å². The van der Waals surface area contributed by atoms with E-state index >= 15 is 0 Å². The summed E-state index contributed by atoms with van der Waals surface area (Å²) >= 11 is 0. The van der Waals surface area contributed by atoms with E-state index in [2.05, 4.69) is 20.6 Å². The number of methoxy groups -OCH3 is 2. The highest BCUT2D eigenvalue weighted by Gasteiger charge is 2.15. The van der Waals surface area contributed by atoms with Gasteiger partial charge in [0.05, 0.1) is 31.7 Å². The molecule has 2 aromatic carbocycles. The van der Waals surface area contributed by atoms with Gasteiger partial charge < -0.3 is 25.2 Å². The van der Waals surface area contributed by atoms with Crippen LogP contribution in [0.2, 0.25) is 0 Å². The van der Waals surface area contributed by atoms with Crippen LogP contribution >= 0.6 is 0 Å². The van der Waals surface area contributed by atoms with Crippen LogP contribution in [0.25, 0.3) is 0 Å². The number of aromatic hydroxyl groups is 1. The van der Waals surface area contributed by atoms with Crippen LogP contribution in [-0.4, -0.2) is 35.3 Å². The molecule has 144 valence electrons. The average molecular weight is 384 g/mol. The van der Waals surface area contributed by atoms with E-state index in [1.807, 2.05) is 0 Å². The minimum Gasteiger partial charge on any atom is -0.508 e. The molecule has 0 saturated heterocycles. The van der Waals surface area contributed by atoms with E-state index in [4.69, 9.17) is 9.47 Å². The molecule has 1 heterocycles. The number of phenolic OH excluding ortho intramolecular Hbond substituents is 1. The van der Waals surface area contributed by atoms with Gasteiger partial charge in [0.15, 0.2) is 11.6 Å². The number of hydrogen-bond donors (Lipinski definition) is 3. The van der Waals surface area contributed by atoms with Gasteiger partial charge in [-0.25, -0.2) is 14.2 Å². The lowest BCUT2D eigenvalue weighted by molar-refractivity contribution is 0.0601. The van der Waals surface area contributed by atoms with Crippen LogP contribution in [0.1, 0.15) is 10.4 Å². The normalized spacial score (nSPS) is 10.2. The van der Waals surface area contributed by atoms with Crippen LogP contribution in [0.3, 0.4) is 0 Å². The molecule has 0 amide bonds. The van der Waals surface area contributed by atoms with Crippen molar-refractivity contribution in [2.24, 2.45) is 0 Å². The van der Waals surface area contributed by atoms with Gasteiger partial charge in [-0.1, -0.05) is 6.07 Å². The molecule has 1 aromatic heterocycles. The topological polar surface area (TPSA) is 106 Å². The maximum absolute atomic E-state index is 14.1. The molecule has 0 aliphatic rings. The Balaban J connectivity index is 1.90. The van der Waals surface area contributed by atoms with E-state index in [0.29, 0.717) is 17.1 Å². The summed E-state index contributed by atoms with van der Waals surface area (Å²) in [6, 6.07) is 10.9. The van der Waals surface area contributed by atoms with Crippen molar-refractivity contribution in [3.63, 3.8) is 0 Å². The number of esters is 1. The summed E-state index contributed by atoms with van der Waals surface area (Å²) in [5.74, 6) is -0.815. The van der Waals surface area contributed by atoms with Gasteiger partial charge in [0.1, 0.15) is 11.5 Å². The Hall–Kier alpha value is -3.88. The first-order valence-electron chi connectivity index (χ1n) is 8.12. The maximum Gasteiger partial charge on any atom is 0.340 e. The summed E-state index contributed by atoms with van der Waals surface area (Å²) in [5.41, 5.74) is 1.02. The number of aromatic nitrogens is 2. The van der Waals surface area contributed by atoms with E-state index in [1.54, 1.807) is 24.3 Å². The lowest BCUT2D eigenvalue weighted by Gasteiger charge is -2.12. The van der Waals surface area contributed by atoms with E-state index in [9.17, 15) is 14.3 Å². The highest BCUT2D eigenvalue weighted by atomic mass is 19.1. The Morgan fingerprint density at radius 2 is 1.96 bits per heavy atom. The fourth-order valence-electron chi connectivity index (χ4n) is 2.39. The standard InChI is InChI=1S/C19H17FN4O4/c1-27-13-6-7-16(14(9-13)18(26)28-2)23-19-21-10-15(20)17(24-19)22-11-4-3-5-12(25)8-11/h3-10,25H,1-2H3,(H2,21,22,23,24). The Morgan fingerprint density at radius 3 is 2.68 bits per heavy atom. The largest absolute Gasteiger partial charge is 0.508 e. The molecule has 0 aliphatic carbocycles. The zero-order valence-electron chi connectivity index (χ0n) is 15.1. The summed E-state index contributed by atoms with van der Waals surface area (Å²) in [6.07, 6.45) is 0.988. The molecule has 0 fully saturated rings. The molecule has 0 bridgehead atoms. The number of rotatable bonds is 6. The predicted octanol–water partition coefficient (Wildman–Crippen LogP) is 3.60. The van der Waals surface area contributed by atoms with Crippen molar-refractivity contribution in [3.8, 4) is 11.5 Å². The average Bonchev–Trinajstić information content (AvgIpc) is 2.70. The van der Waals surface area contributed by atoms with E-state index in [-0.39, 0.29) is 23.1 Å². The van der Waals surface area contributed by atoms with Gasteiger partial charge in [0.25, 0.3) is 0 Å².